The van der Waals surface area contributed by atoms with E-state index in [9.17, 15) is 20.1 Å². The third kappa shape index (κ3) is 6.23. The summed E-state index contributed by atoms with van der Waals surface area (Å²) >= 11 is 0. The molecular weight excluding hydrogens is 432 g/mol. The minimum absolute atomic E-state index is 0.205. The molecule has 33 heavy (non-hydrogen) atoms. The fraction of sp³-hybridized carbons (Fsp3) is 0.375. The molecule has 1 fully saturated rings. The Morgan fingerprint density at radius 1 is 1.00 bits per heavy atom. The van der Waals surface area contributed by atoms with E-state index in [1.54, 1.807) is 38.3 Å². The molecule has 0 radical (unpaired) electrons. The standard InChI is InChI=1S/C24H28O9/c1-14-21(26)22(27)23(28)24(32-14)33-18-10-6-15(7-11-20(25)30-3)12-19(18)31-13-16-4-8-17(29-2)9-5-16/h4-12,14,21-24,26-28H,13H2,1-3H3/b11-7+/t14-,21+,22+,23-,24+/m0/s1. The zero-order valence-electron chi connectivity index (χ0n) is 18.6. The van der Waals surface area contributed by atoms with Crippen LogP contribution in [0.4, 0.5) is 0 Å². The van der Waals surface area contributed by atoms with Crippen molar-refractivity contribution in [1.29, 1.82) is 0 Å². The molecule has 3 N–H and O–H groups in total. The van der Waals surface area contributed by atoms with Gasteiger partial charge in [-0.1, -0.05) is 18.2 Å². The van der Waals surface area contributed by atoms with Crippen LogP contribution >= 0.6 is 0 Å². The lowest BCUT2D eigenvalue weighted by atomic mass is 10.00. The summed E-state index contributed by atoms with van der Waals surface area (Å²) in [7, 11) is 2.87. The number of aliphatic hydroxyl groups is 3. The van der Waals surface area contributed by atoms with Gasteiger partial charge in [-0.05, 0) is 48.4 Å². The zero-order valence-corrected chi connectivity index (χ0v) is 18.6. The van der Waals surface area contributed by atoms with E-state index in [1.807, 2.05) is 24.3 Å². The lowest BCUT2D eigenvalue weighted by Crippen LogP contribution is -2.58. The molecule has 0 aromatic heterocycles. The summed E-state index contributed by atoms with van der Waals surface area (Å²) in [4.78, 5) is 11.4. The molecule has 1 saturated heterocycles. The molecule has 2 aromatic carbocycles. The van der Waals surface area contributed by atoms with E-state index in [1.165, 1.54) is 13.2 Å². The maximum absolute atomic E-state index is 11.4. The number of carbonyl (C=O) groups excluding carboxylic acids is 1. The number of methoxy groups -OCH3 is 2. The van der Waals surface area contributed by atoms with Gasteiger partial charge in [0, 0.05) is 6.08 Å². The van der Waals surface area contributed by atoms with Crippen LogP contribution < -0.4 is 14.2 Å². The number of esters is 1. The van der Waals surface area contributed by atoms with Crippen molar-refractivity contribution in [2.24, 2.45) is 0 Å². The second-order valence-electron chi connectivity index (χ2n) is 7.50. The molecule has 1 aliphatic rings. The summed E-state index contributed by atoms with van der Waals surface area (Å²) in [5, 5.41) is 30.2. The van der Waals surface area contributed by atoms with Crippen molar-refractivity contribution in [1.82, 2.24) is 0 Å². The first-order chi connectivity index (χ1) is 15.8. The van der Waals surface area contributed by atoms with Crippen molar-refractivity contribution >= 4 is 12.0 Å². The van der Waals surface area contributed by atoms with Gasteiger partial charge in [-0.2, -0.15) is 0 Å². The quantitative estimate of drug-likeness (QED) is 0.399. The van der Waals surface area contributed by atoms with Crippen LogP contribution in [0.2, 0.25) is 0 Å². The summed E-state index contributed by atoms with van der Waals surface area (Å²) in [5.41, 5.74) is 1.52. The second-order valence-corrected chi connectivity index (χ2v) is 7.50. The largest absolute Gasteiger partial charge is 0.497 e. The number of benzene rings is 2. The highest BCUT2D eigenvalue weighted by molar-refractivity contribution is 5.87. The molecule has 1 aliphatic heterocycles. The third-order valence-corrected chi connectivity index (χ3v) is 5.19. The van der Waals surface area contributed by atoms with Gasteiger partial charge in [0.25, 0.3) is 0 Å². The average molecular weight is 460 g/mol. The molecule has 0 spiro atoms. The first-order valence-corrected chi connectivity index (χ1v) is 10.3. The molecule has 2 aromatic rings. The van der Waals surface area contributed by atoms with E-state index in [2.05, 4.69) is 4.74 Å². The molecule has 0 aliphatic carbocycles. The molecule has 0 saturated carbocycles. The van der Waals surface area contributed by atoms with Gasteiger partial charge in [0.15, 0.2) is 11.5 Å². The van der Waals surface area contributed by atoms with Crippen molar-refractivity contribution in [2.75, 3.05) is 14.2 Å². The van der Waals surface area contributed by atoms with Crippen LogP contribution in [0.1, 0.15) is 18.1 Å². The molecule has 9 heteroatoms. The predicted molar refractivity (Wildman–Crippen MR) is 118 cm³/mol. The zero-order chi connectivity index (χ0) is 24.0. The Morgan fingerprint density at radius 3 is 2.39 bits per heavy atom. The number of rotatable bonds is 8. The van der Waals surface area contributed by atoms with Gasteiger partial charge in [0.1, 0.15) is 30.7 Å². The highest BCUT2D eigenvalue weighted by Crippen LogP contribution is 2.33. The van der Waals surface area contributed by atoms with Crippen molar-refractivity contribution in [3.63, 3.8) is 0 Å². The predicted octanol–water partition coefficient (Wildman–Crippen LogP) is 1.67. The Kier molecular flexibility index (Phi) is 8.29. The molecule has 1 heterocycles. The smallest absolute Gasteiger partial charge is 0.330 e. The molecule has 0 bridgehead atoms. The second kappa shape index (κ2) is 11.2. The van der Waals surface area contributed by atoms with Crippen LogP contribution in [0.3, 0.4) is 0 Å². The highest BCUT2D eigenvalue weighted by Gasteiger charge is 2.43. The van der Waals surface area contributed by atoms with E-state index in [-0.39, 0.29) is 12.4 Å². The Bertz CT molecular complexity index is 957. The first-order valence-electron chi connectivity index (χ1n) is 10.3. The SMILES string of the molecule is COC(=O)/C=C/c1ccc(O[C@H]2O[C@@H](C)[C@@H](O)[C@@H](O)[C@@H]2O)c(OCc2ccc(OC)cc2)c1. The molecule has 3 rings (SSSR count). The fourth-order valence-electron chi connectivity index (χ4n) is 3.19. The lowest BCUT2D eigenvalue weighted by Gasteiger charge is -2.39. The van der Waals surface area contributed by atoms with Gasteiger partial charge < -0.3 is 39.0 Å². The Hall–Kier alpha value is -3.11. The molecule has 5 atom stereocenters. The van der Waals surface area contributed by atoms with Gasteiger partial charge >= 0.3 is 5.97 Å². The monoisotopic (exact) mass is 460 g/mol. The minimum atomic E-state index is -1.47. The van der Waals surface area contributed by atoms with E-state index in [0.717, 1.165) is 11.3 Å². The van der Waals surface area contributed by atoms with Gasteiger partial charge in [-0.15, -0.1) is 0 Å². The Morgan fingerprint density at radius 2 is 1.73 bits per heavy atom. The van der Waals surface area contributed by atoms with Crippen LogP contribution in [0, 0.1) is 0 Å². The topological polar surface area (TPSA) is 124 Å². The van der Waals surface area contributed by atoms with Gasteiger partial charge in [0.2, 0.25) is 6.29 Å². The van der Waals surface area contributed by atoms with E-state index in [4.69, 9.17) is 18.9 Å². The van der Waals surface area contributed by atoms with Crippen molar-refractivity contribution < 1.29 is 43.8 Å². The molecule has 9 nitrogen and oxygen atoms in total. The number of aliphatic hydroxyl groups excluding tert-OH is 3. The van der Waals surface area contributed by atoms with Gasteiger partial charge in [0.05, 0.1) is 20.3 Å². The van der Waals surface area contributed by atoms with Crippen molar-refractivity contribution in [3.8, 4) is 17.2 Å². The van der Waals surface area contributed by atoms with Crippen LogP contribution in [-0.2, 0) is 20.9 Å². The maximum Gasteiger partial charge on any atom is 0.330 e. The van der Waals surface area contributed by atoms with Crippen molar-refractivity contribution in [2.45, 2.75) is 44.2 Å². The van der Waals surface area contributed by atoms with Crippen LogP contribution in [0.25, 0.3) is 6.08 Å². The highest BCUT2D eigenvalue weighted by atomic mass is 16.7. The van der Waals surface area contributed by atoms with E-state index in [0.29, 0.717) is 11.3 Å². The number of carbonyl (C=O) groups is 1. The van der Waals surface area contributed by atoms with E-state index < -0.39 is 36.7 Å². The lowest BCUT2D eigenvalue weighted by molar-refractivity contribution is -0.268. The molecule has 0 unspecified atom stereocenters. The molecule has 178 valence electrons. The van der Waals surface area contributed by atoms with Crippen LogP contribution in [-0.4, -0.2) is 66.2 Å². The number of ether oxygens (including phenoxy) is 5. The molecule has 0 amide bonds. The van der Waals surface area contributed by atoms with Gasteiger partial charge in [-0.3, -0.25) is 0 Å². The summed E-state index contributed by atoms with van der Waals surface area (Å²) in [6, 6.07) is 12.3. The maximum atomic E-state index is 11.4. The van der Waals surface area contributed by atoms with Crippen LogP contribution in [0.5, 0.6) is 17.2 Å². The third-order valence-electron chi connectivity index (χ3n) is 5.19. The average Bonchev–Trinajstić information content (AvgIpc) is 2.84. The summed E-state index contributed by atoms with van der Waals surface area (Å²) in [6.45, 7) is 1.77. The van der Waals surface area contributed by atoms with Crippen LogP contribution in [0.15, 0.2) is 48.5 Å². The summed E-state index contributed by atoms with van der Waals surface area (Å²) in [6.07, 6.45) is -3.27. The Labute approximate surface area is 191 Å². The van der Waals surface area contributed by atoms with E-state index >= 15 is 0 Å². The molecular formula is C24H28O9. The number of hydrogen-bond donors (Lipinski definition) is 3. The number of hydrogen-bond acceptors (Lipinski definition) is 9. The van der Waals surface area contributed by atoms with Crippen molar-refractivity contribution in [3.05, 3.63) is 59.7 Å². The summed E-state index contributed by atoms with van der Waals surface area (Å²) < 4.78 is 27.1. The fourth-order valence-corrected chi connectivity index (χ4v) is 3.19. The normalized spacial score (nSPS) is 25.0. The first kappa shape index (κ1) is 24.5. The minimum Gasteiger partial charge on any atom is -0.497 e. The van der Waals surface area contributed by atoms with Gasteiger partial charge in [-0.25, -0.2) is 4.79 Å². The Balaban J connectivity index is 1.82. The summed E-state index contributed by atoms with van der Waals surface area (Å²) in [5.74, 6) is 0.785.